The number of aromatic nitrogens is 3. The van der Waals surface area contributed by atoms with Gasteiger partial charge in [-0.15, -0.1) is 0 Å². The van der Waals surface area contributed by atoms with Crippen LogP contribution in [0.15, 0.2) is 47.1 Å². The Labute approximate surface area is 180 Å². The number of hydrogen-bond donors (Lipinski definition) is 0. The number of carbonyl (C=O) groups excluding carboxylic acids is 1. The highest BCUT2D eigenvalue weighted by atomic mass is 35.5. The molecular weight excluding hydrogens is 402 g/mol. The van der Waals surface area contributed by atoms with E-state index in [4.69, 9.17) is 16.1 Å². The number of anilines is 1. The van der Waals surface area contributed by atoms with E-state index in [1.165, 1.54) is 0 Å². The largest absolute Gasteiger partial charge is 0.354 e. The van der Waals surface area contributed by atoms with E-state index in [-0.39, 0.29) is 11.8 Å². The summed E-state index contributed by atoms with van der Waals surface area (Å²) in [6.45, 7) is 6.82. The third-order valence-electron chi connectivity index (χ3n) is 5.15. The number of hydrogen-bond acceptors (Lipinski definition) is 6. The molecule has 3 heterocycles. The lowest BCUT2D eigenvalue weighted by molar-refractivity contribution is 0.0767. The summed E-state index contributed by atoms with van der Waals surface area (Å²) in [5.74, 6) is 2.16. The molecule has 1 fully saturated rings. The van der Waals surface area contributed by atoms with Crippen LogP contribution < -0.4 is 4.90 Å². The molecule has 30 heavy (non-hydrogen) atoms. The van der Waals surface area contributed by atoms with E-state index in [0.717, 1.165) is 24.3 Å². The number of halogens is 1. The van der Waals surface area contributed by atoms with Crippen LogP contribution in [0.1, 0.15) is 42.4 Å². The third-order valence-corrected chi connectivity index (χ3v) is 5.40. The van der Waals surface area contributed by atoms with Gasteiger partial charge in [-0.05, 0) is 42.8 Å². The zero-order valence-corrected chi connectivity index (χ0v) is 17.8. The predicted octanol–water partition coefficient (Wildman–Crippen LogP) is 4.26. The van der Waals surface area contributed by atoms with Crippen LogP contribution in [-0.2, 0) is 0 Å². The molecule has 1 amide bonds. The Morgan fingerprint density at radius 1 is 1.10 bits per heavy atom. The fraction of sp³-hybridized carbons (Fsp3) is 0.364. The molecule has 4 rings (SSSR count). The maximum absolute atomic E-state index is 12.9. The van der Waals surface area contributed by atoms with Crippen LogP contribution >= 0.6 is 11.6 Å². The molecule has 1 saturated heterocycles. The van der Waals surface area contributed by atoms with Gasteiger partial charge >= 0.3 is 0 Å². The first-order valence-electron chi connectivity index (χ1n) is 10.1. The van der Waals surface area contributed by atoms with Crippen LogP contribution in [0, 0.1) is 0 Å². The summed E-state index contributed by atoms with van der Waals surface area (Å²) >= 11 is 5.94. The van der Waals surface area contributed by atoms with E-state index in [9.17, 15) is 4.79 Å². The molecule has 8 heteroatoms. The van der Waals surface area contributed by atoms with Gasteiger partial charge in [0.05, 0.1) is 5.56 Å². The van der Waals surface area contributed by atoms with Crippen LogP contribution in [0.25, 0.3) is 11.5 Å². The molecule has 1 aromatic carbocycles. The van der Waals surface area contributed by atoms with Gasteiger partial charge in [0.25, 0.3) is 11.8 Å². The minimum atomic E-state index is 0.0215. The summed E-state index contributed by atoms with van der Waals surface area (Å²) in [7, 11) is 0. The van der Waals surface area contributed by atoms with Crippen molar-refractivity contribution in [2.24, 2.45) is 0 Å². The van der Waals surface area contributed by atoms with Crippen molar-refractivity contribution in [2.75, 3.05) is 31.1 Å². The number of rotatable bonds is 4. The number of pyridine rings is 1. The summed E-state index contributed by atoms with van der Waals surface area (Å²) in [4.78, 5) is 26.1. The molecule has 0 radical (unpaired) electrons. The average molecular weight is 426 g/mol. The highest BCUT2D eigenvalue weighted by Crippen LogP contribution is 2.29. The van der Waals surface area contributed by atoms with Crippen molar-refractivity contribution >= 4 is 23.3 Å². The molecule has 0 N–H and O–H groups in total. The van der Waals surface area contributed by atoms with Gasteiger partial charge < -0.3 is 14.3 Å². The monoisotopic (exact) mass is 425 g/mol. The van der Waals surface area contributed by atoms with E-state index < -0.39 is 0 Å². The molecule has 0 spiro atoms. The Morgan fingerprint density at radius 3 is 2.63 bits per heavy atom. The normalized spacial score (nSPS) is 14.8. The highest BCUT2D eigenvalue weighted by Gasteiger charge is 2.24. The molecule has 156 valence electrons. The third kappa shape index (κ3) is 4.31. The second-order valence-electron chi connectivity index (χ2n) is 7.63. The lowest BCUT2D eigenvalue weighted by atomic mass is 10.2. The fourth-order valence-corrected chi connectivity index (χ4v) is 3.63. The van der Waals surface area contributed by atoms with Crippen LogP contribution in [0.2, 0.25) is 5.02 Å². The Hall–Kier alpha value is -2.93. The molecule has 7 nitrogen and oxygen atoms in total. The molecule has 2 aromatic heterocycles. The van der Waals surface area contributed by atoms with Crippen molar-refractivity contribution in [2.45, 2.75) is 26.2 Å². The molecule has 0 atom stereocenters. The molecule has 3 aromatic rings. The van der Waals surface area contributed by atoms with Crippen molar-refractivity contribution in [3.05, 3.63) is 59.0 Å². The van der Waals surface area contributed by atoms with Gasteiger partial charge in [0.1, 0.15) is 5.82 Å². The number of carbonyl (C=O) groups is 1. The lowest BCUT2D eigenvalue weighted by Crippen LogP contribution is -2.35. The van der Waals surface area contributed by atoms with Crippen molar-refractivity contribution in [3.63, 3.8) is 0 Å². The zero-order chi connectivity index (χ0) is 21.1. The quantitative estimate of drug-likeness (QED) is 0.621. The summed E-state index contributed by atoms with van der Waals surface area (Å²) in [6, 6.07) is 10.8. The molecule has 0 saturated carbocycles. The number of nitrogens with zero attached hydrogens (tertiary/aromatic N) is 5. The molecule has 0 unspecified atom stereocenters. The van der Waals surface area contributed by atoms with Gasteiger partial charge in [0.15, 0.2) is 5.82 Å². The van der Waals surface area contributed by atoms with Crippen LogP contribution in [-0.4, -0.2) is 52.1 Å². The Kier molecular flexibility index (Phi) is 5.99. The maximum atomic E-state index is 12.9. The summed E-state index contributed by atoms with van der Waals surface area (Å²) in [5, 5.41) is 4.70. The van der Waals surface area contributed by atoms with Crippen LogP contribution in [0.3, 0.4) is 0 Å². The lowest BCUT2D eigenvalue weighted by Gasteiger charge is -2.24. The number of amides is 1. The Balaban J connectivity index is 1.52. The molecule has 1 aliphatic heterocycles. The average Bonchev–Trinajstić information content (AvgIpc) is 3.13. The minimum Gasteiger partial charge on any atom is -0.354 e. The van der Waals surface area contributed by atoms with E-state index in [1.807, 2.05) is 30.9 Å². The summed E-state index contributed by atoms with van der Waals surface area (Å²) < 4.78 is 5.50. The second-order valence-corrected chi connectivity index (χ2v) is 8.06. The first kappa shape index (κ1) is 20.3. The van der Waals surface area contributed by atoms with Crippen molar-refractivity contribution in [3.8, 4) is 11.5 Å². The Bertz CT molecular complexity index is 1020. The predicted molar refractivity (Wildman–Crippen MR) is 116 cm³/mol. The standard InChI is InChI=1S/C22H24ClN5O2/c1-15(2)19-25-21(30-26-19)18-5-3-10-24-20(18)27-11-4-12-28(14-13-27)22(29)16-6-8-17(23)9-7-16/h3,5-10,15H,4,11-14H2,1-2H3. The van der Waals surface area contributed by atoms with E-state index in [0.29, 0.717) is 41.9 Å². The smallest absolute Gasteiger partial charge is 0.261 e. The summed E-state index contributed by atoms with van der Waals surface area (Å²) in [6.07, 6.45) is 2.61. The Morgan fingerprint density at radius 2 is 1.90 bits per heavy atom. The van der Waals surface area contributed by atoms with Gasteiger partial charge in [-0.1, -0.05) is 30.6 Å². The second kappa shape index (κ2) is 8.83. The van der Waals surface area contributed by atoms with Crippen LogP contribution in [0.4, 0.5) is 5.82 Å². The van der Waals surface area contributed by atoms with Crippen molar-refractivity contribution in [1.29, 1.82) is 0 Å². The first-order chi connectivity index (χ1) is 14.5. The molecule has 0 bridgehead atoms. The zero-order valence-electron chi connectivity index (χ0n) is 17.1. The van der Waals surface area contributed by atoms with Crippen molar-refractivity contribution in [1.82, 2.24) is 20.0 Å². The van der Waals surface area contributed by atoms with Crippen molar-refractivity contribution < 1.29 is 9.32 Å². The van der Waals surface area contributed by atoms with E-state index in [1.54, 1.807) is 30.5 Å². The van der Waals surface area contributed by atoms with Gasteiger partial charge in [-0.3, -0.25) is 4.79 Å². The van der Waals surface area contributed by atoms with E-state index in [2.05, 4.69) is 20.0 Å². The van der Waals surface area contributed by atoms with Crippen LogP contribution in [0.5, 0.6) is 0 Å². The van der Waals surface area contributed by atoms with Gasteiger partial charge in [-0.2, -0.15) is 4.98 Å². The van der Waals surface area contributed by atoms with Gasteiger partial charge in [0, 0.05) is 48.9 Å². The molecule has 1 aliphatic rings. The minimum absolute atomic E-state index is 0.0215. The van der Waals surface area contributed by atoms with Gasteiger partial charge in [0.2, 0.25) is 0 Å². The molecular formula is C22H24ClN5O2. The highest BCUT2D eigenvalue weighted by molar-refractivity contribution is 6.30. The van der Waals surface area contributed by atoms with Gasteiger partial charge in [-0.25, -0.2) is 4.98 Å². The topological polar surface area (TPSA) is 75.4 Å². The first-order valence-corrected chi connectivity index (χ1v) is 10.5. The number of benzene rings is 1. The molecule has 0 aliphatic carbocycles. The van der Waals surface area contributed by atoms with E-state index >= 15 is 0 Å². The fourth-order valence-electron chi connectivity index (χ4n) is 3.50. The summed E-state index contributed by atoms with van der Waals surface area (Å²) in [5.41, 5.74) is 1.47. The SMILES string of the molecule is CC(C)c1noc(-c2cccnc2N2CCCN(C(=O)c3ccc(Cl)cc3)CC2)n1. The maximum Gasteiger partial charge on any atom is 0.261 e.